The summed E-state index contributed by atoms with van der Waals surface area (Å²) in [6.45, 7) is 2.60. The summed E-state index contributed by atoms with van der Waals surface area (Å²) in [5, 5.41) is 4.67. The second-order valence-corrected chi connectivity index (χ2v) is 6.01. The van der Waals surface area contributed by atoms with Crippen LogP contribution < -0.4 is 15.8 Å². The standard InChI is InChI=1S/C17H18Cl2N2O2/c1-11(15-7-4-13(18)8-16(15)19)21-9-12-2-5-14(6-3-12)23-10-17(20)22/h2-8,11,21H,9-10H2,1H3,(H2,20,22)/t11-/m0/s1. The number of ether oxygens (including phenoxy) is 1. The fourth-order valence-corrected chi connectivity index (χ4v) is 2.66. The Morgan fingerprint density at radius 2 is 1.91 bits per heavy atom. The minimum atomic E-state index is -0.496. The molecule has 2 aromatic carbocycles. The van der Waals surface area contributed by atoms with Gasteiger partial charge in [0.1, 0.15) is 5.75 Å². The van der Waals surface area contributed by atoms with Crippen LogP contribution in [0.25, 0.3) is 0 Å². The Hall–Kier alpha value is -1.75. The first-order chi connectivity index (χ1) is 11.0. The second-order valence-electron chi connectivity index (χ2n) is 5.17. The number of hydrogen-bond donors (Lipinski definition) is 2. The lowest BCUT2D eigenvalue weighted by Gasteiger charge is -2.16. The van der Waals surface area contributed by atoms with Crippen molar-refractivity contribution >= 4 is 29.1 Å². The molecule has 0 fully saturated rings. The highest BCUT2D eigenvalue weighted by atomic mass is 35.5. The topological polar surface area (TPSA) is 64.3 Å². The van der Waals surface area contributed by atoms with Gasteiger partial charge in [-0.05, 0) is 42.3 Å². The van der Waals surface area contributed by atoms with Crippen molar-refractivity contribution in [1.29, 1.82) is 0 Å². The first-order valence-electron chi connectivity index (χ1n) is 7.14. The molecule has 3 N–H and O–H groups in total. The third-order valence-electron chi connectivity index (χ3n) is 3.35. The lowest BCUT2D eigenvalue weighted by molar-refractivity contribution is -0.119. The molecule has 0 bridgehead atoms. The minimum Gasteiger partial charge on any atom is -0.484 e. The summed E-state index contributed by atoms with van der Waals surface area (Å²) in [5.41, 5.74) is 7.12. The highest BCUT2D eigenvalue weighted by Gasteiger charge is 2.09. The third kappa shape index (κ3) is 5.43. The van der Waals surface area contributed by atoms with Crippen LogP contribution in [0.1, 0.15) is 24.1 Å². The molecule has 0 radical (unpaired) electrons. The molecule has 122 valence electrons. The molecule has 0 aliphatic carbocycles. The summed E-state index contributed by atoms with van der Waals surface area (Å²) in [6.07, 6.45) is 0. The molecule has 0 aliphatic heterocycles. The number of nitrogens with two attached hydrogens (primary N) is 1. The second kappa shape index (κ2) is 8.20. The predicted molar refractivity (Wildman–Crippen MR) is 92.8 cm³/mol. The van der Waals surface area contributed by atoms with Crippen molar-refractivity contribution in [3.63, 3.8) is 0 Å². The lowest BCUT2D eigenvalue weighted by atomic mass is 10.1. The fourth-order valence-electron chi connectivity index (χ4n) is 2.09. The van der Waals surface area contributed by atoms with Crippen molar-refractivity contribution in [3.05, 3.63) is 63.6 Å². The van der Waals surface area contributed by atoms with Crippen molar-refractivity contribution in [2.75, 3.05) is 6.61 Å². The van der Waals surface area contributed by atoms with Crippen molar-refractivity contribution in [1.82, 2.24) is 5.32 Å². The first kappa shape index (κ1) is 17.6. The first-order valence-corrected chi connectivity index (χ1v) is 7.89. The lowest BCUT2D eigenvalue weighted by Crippen LogP contribution is -2.20. The zero-order valence-corrected chi connectivity index (χ0v) is 14.2. The summed E-state index contributed by atoms with van der Waals surface area (Å²) in [7, 11) is 0. The molecule has 23 heavy (non-hydrogen) atoms. The van der Waals surface area contributed by atoms with Gasteiger partial charge in [-0.15, -0.1) is 0 Å². The maximum atomic E-state index is 10.7. The smallest absolute Gasteiger partial charge is 0.255 e. The molecule has 6 heteroatoms. The Labute approximate surface area is 145 Å². The normalized spacial score (nSPS) is 12.0. The number of primary amides is 1. The van der Waals surface area contributed by atoms with Crippen LogP contribution >= 0.6 is 23.2 Å². The monoisotopic (exact) mass is 352 g/mol. The largest absolute Gasteiger partial charge is 0.484 e. The van der Waals surface area contributed by atoms with Gasteiger partial charge in [0.2, 0.25) is 0 Å². The van der Waals surface area contributed by atoms with E-state index in [0.717, 1.165) is 11.1 Å². The Morgan fingerprint density at radius 3 is 2.52 bits per heavy atom. The van der Waals surface area contributed by atoms with Crippen LogP contribution in [-0.2, 0) is 11.3 Å². The van der Waals surface area contributed by atoms with Gasteiger partial charge in [-0.3, -0.25) is 4.79 Å². The minimum absolute atomic E-state index is 0.0885. The maximum Gasteiger partial charge on any atom is 0.255 e. The zero-order chi connectivity index (χ0) is 16.8. The van der Waals surface area contributed by atoms with Crippen molar-refractivity contribution in [3.8, 4) is 5.75 Å². The van der Waals surface area contributed by atoms with Gasteiger partial charge in [0, 0.05) is 22.6 Å². The van der Waals surface area contributed by atoms with Gasteiger partial charge >= 0.3 is 0 Å². The summed E-state index contributed by atoms with van der Waals surface area (Å²) in [5.74, 6) is 0.116. The van der Waals surface area contributed by atoms with E-state index in [0.29, 0.717) is 22.3 Å². The molecule has 0 saturated carbocycles. The SMILES string of the molecule is C[C@H](NCc1ccc(OCC(N)=O)cc1)c1ccc(Cl)cc1Cl. The van der Waals surface area contributed by atoms with E-state index < -0.39 is 5.91 Å². The van der Waals surface area contributed by atoms with Gasteiger partial charge in [0.05, 0.1) is 0 Å². The summed E-state index contributed by atoms with van der Waals surface area (Å²) in [4.78, 5) is 10.7. The van der Waals surface area contributed by atoms with Crippen molar-refractivity contribution in [2.24, 2.45) is 5.73 Å². The number of carbonyl (C=O) groups excluding carboxylic acids is 1. The molecule has 2 rings (SSSR count). The molecular formula is C17H18Cl2N2O2. The van der Waals surface area contributed by atoms with Crippen LogP contribution in [0.2, 0.25) is 10.0 Å². The molecule has 0 aliphatic rings. The molecule has 0 unspecified atom stereocenters. The molecule has 0 aromatic heterocycles. The van der Waals surface area contributed by atoms with Crippen molar-refractivity contribution < 1.29 is 9.53 Å². The van der Waals surface area contributed by atoms with Gasteiger partial charge in [0.15, 0.2) is 6.61 Å². The summed E-state index contributed by atoms with van der Waals surface area (Å²) < 4.78 is 5.22. The predicted octanol–water partition coefficient (Wildman–Crippen LogP) is 3.71. The van der Waals surface area contributed by atoms with E-state index in [9.17, 15) is 4.79 Å². The van der Waals surface area contributed by atoms with E-state index >= 15 is 0 Å². The quantitative estimate of drug-likeness (QED) is 0.798. The van der Waals surface area contributed by atoms with Gasteiger partial charge in [-0.1, -0.05) is 41.4 Å². The van der Waals surface area contributed by atoms with E-state index in [4.69, 9.17) is 33.7 Å². The van der Waals surface area contributed by atoms with Gasteiger partial charge in [-0.25, -0.2) is 0 Å². The van der Waals surface area contributed by atoms with E-state index in [1.54, 1.807) is 18.2 Å². The van der Waals surface area contributed by atoms with E-state index in [2.05, 4.69) is 5.32 Å². The molecule has 2 aromatic rings. The van der Waals surface area contributed by atoms with Gasteiger partial charge in [-0.2, -0.15) is 0 Å². The Balaban J connectivity index is 1.91. The molecule has 1 atom stereocenters. The van der Waals surface area contributed by atoms with Crippen LogP contribution in [0.5, 0.6) is 5.75 Å². The average molecular weight is 353 g/mol. The number of rotatable bonds is 7. The van der Waals surface area contributed by atoms with Gasteiger partial charge in [0.25, 0.3) is 5.91 Å². The van der Waals surface area contributed by atoms with Crippen LogP contribution in [-0.4, -0.2) is 12.5 Å². The molecule has 0 spiro atoms. The third-order valence-corrected chi connectivity index (χ3v) is 3.91. The summed E-state index contributed by atoms with van der Waals surface area (Å²) in [6, 6.07) is 13.0. The zero-order valence-electron chi connectivity index (χ0n) is 12.7. The van der Waals surface area contributed by atoms with Gasteiger partial charge < -0.3 is 15.8 Å². The number of carbonyl (C=O) groups is 1. The number of halogens is 2. The number of benzene rings is 2. The Morgan fingerprint density at radius 1 is 1.22 bits per heavy atom. The Bertz CT molecular complexity index is 675. The van der Waals surface area contributed by atoms with Crippen molar-refractivity contribution in [2.45, 2.75) is 19.5 Å². The highest BCUT2D eigenvalue weighted by molar-refractivity contribution is 6.35. The van der Waals surface area contributed by atoms with E-state index in [1.807, 2.05) is 31.2 Å². The maximum absolute atomic E-state index is 10.7. The molecule has 1 amide bonds. The fraction of sp³-hybridized carbons (Fsp3) is 0.235. The highest BCUT2D eigenvalue weighted by Crippen LogP contribution is 2.26. The molecule has 4 nitrogen and oxygen atoms in total. The van der Waals surface area contributed by atoms with Crippen LogP contribution in [0.3, 0.4) is 0 Å². The summed E-state index contributed by atoms with van der Waals surface area (Å²) >= 11 is 12.1. The van der Waals surface area contributed by atoms with Crippen LogP contribution in [0.15, 0.2) is 42.5 Å². The van der Waals surface area contributed by atoms with E-state index in [-0.39, 0.29) is 12.6 Å². The van der Waals surface area contributed by atoms with E-state index in [1.165, 1.54) is 0 Å². The molecular weight excluding hydrogens is 335 g/mol. The average Bonchev–Trinajstić information content (AvgIpc) is 2.51. The number of nitrogens with one attached hydrogen (secondary N) is 1. The molecule has 0 heterocycles. The Kier molecular flexibility index (Phi) is 6.28. The van der Waals surface area contributed by atoms with Crippen LogP contribution in [0.4, 0.5) is 0 Å². The number of hydrogen-bond acceptors (Lipinski definition) is 3. The molecule has 0 saturated heterocycles. The number of amides is 1. The van der Waals surface area contributed by atoms with Crippen LogP contribution in [0, 0.1) is 0 Å².